The first kappa shape index (κ1) is 13.8. The Morgan fingerprint density at radius 1 is 1.33 bits per heavy atom. The van der Waals surface area contributed by atoms with Crippen molar-refractivity contribution in [1.82, 2.24) is 9.55 Å². The molecule has 0 unspecified atom stereocenters. The monoisotopic (exact) mass is 267 g/mol. The highest BCUT2D eigenvalue weighted by molar-refractivity contribution is 7.98. The Hall–Kier alpha value is -0.640. The second-order valence-electron chi connectivity index (χ2n) is 5.12. The summed E-state index contributed by atoms with van der Waals surface area (Å²) in [5, 5.41) is 0. The first-order valence-corrected chi connectivity index (χ1v) is 8.51. The van der Waals surface area contributed by atoms with Gasteiger partial charge in [-0.1, -0.05) is 19.3 Å². The molecular formula is C14H25N3S. The summed E-state index contributed by atoms with van der Waals surface area (Å²) < 4.78 is 2.24. The van der Waals surface area contributed by atoms with E-state index in [9.17, 15) is 0 Å². The molecule has 3 nitrogen and oxygen atoms in total. The van der Waals surface area contributed by atoms with Crippen LogP contribution in [-0.2, 0) is 13.0 Å². The number of aryl methyl sites for hydroxylation is 1. The van der Waals surface area contributed by atoms with E-state index >= 15 is 0 Å². The van der Waals surface area contributed by atoms with Gasteiger partial charge in [0.2, 0.25) is 0 Å². The van der Waals surface area contributed by atoms with Crippen LogP contribution in [0.25, 0.3) is 0 Å². The van der Waals surface area contributed by atoms with Gasteiger partial charge < -0.3 is 10.3 Å². The molecule has 1 saturated carbocycles. The van der Waals surface area contributed by atoms with Gasteiger partial charge in [0.1, 0.15) is 11.6 Å². The van der Waals surface area contributed by atoms with Crippen LogP contribution in [0, 0.1) is 0 Å². The van der Waals surface area contributed by atoms with E-state index in [1.165, 1.54) is 37.9 Å². The van der Waals surface area contributed by atoms with Crippen molar-refractivity contribution in [2.45, 2.75) is 57.9 Å². The maximum atomic E-state index is 6.25. The average Bonchev–Trinajstić information content (AvgIpc) is 2.74. The van der Waals surface area contributed by atoms with E-state index in [0.717, 1.165) is 30.2 Å². The number of hydrogen-bond acceptors (Lipinski definition) is 3. The van der Waals surface area contributed by atoms with Crippen molar-refractivity contribution >= 4 is 17.6 Å². The van der Waals surface area contributed by atoms with E-state index in [1.807, 2.05) is 11.8 Å². The van der Waals surface area contributed by atoms with Crippen LogP contribution in [0.5, 0.6) is 0 Å². The fourth-order valence-corrected chi connectivity index (χ4v) is 3.32. The van der Waals surface area contributed by atoms with Crippen molar-refractivity contribution in [3.63, 3.8) is 0 Å². The molecule has 2 N–H and O–H groups in total. The van der Waals surface area contributed by atoms with Crippen LogP contribution in [0.4, 0.5) is 5.82 Å². The molecule has 1 aliphatic carbocycles. The summed E-state index contributed by atoms with van der Waals surface area (Å²) in [6.07, 6.45) is 9.80. The number of rotatable bonds is 5. The molecular weight excluding hydrogens is 242 g/mol. The van der Waals surface area contributed by atoms with E-state index in [0.29, 0.717) is 5.92 Å². The smallest absolute Gasteiger partial charge is 0.126 e. The van der Waals surface area contributed by atoms with Gasteiger partial charge in [0, 0.05) is 18.9 Å². The largest absolute Gasteiger partial charge is 0.384 e. The third kappa shape index (κ3) is 2.85. The second kappa shape index (κ2) is 6.50. The standard InChI is InChI=1S/C14H25N3S/c1-3-17-13(15)12(9-10-18-2)16-14(17)11-7-5-4-6-8-11/h11H,3-10,15H2,1-2H3. The summed E-state index contributed by atoms with van der Waals surface area (Å²) in [5.74, 6) is 3.91. The van der Waals surface area contributed by atoms with Crippen molar-refractivity contribution in [3.8, 4) is 0 Å². The zero-order valence-electron chi connectivity index (χ0n) is 11.6. The minimum absolute atomic E-state index is 0.643. The minimum Gasteiger partial charge on any atom is -0.384 e. The van der Waals surface area contributed by atoms with Crippen LogP contribution in [0.15, 0.2) is 0 Å². The Morgan fingerprint density at radius 2 is 2.06 bits per heavy atom. The van der Waals surface area contributed by atoms with Gasteiger partial charge in [0.15, 0.2) is 0 Å². The lowest BCUT2D eigenvalue weighted by Gasteiger charge is -2.21. The maximum absolute atomic E-state index is 6.25. The zero-order valence-corrected chi connectivity index (χ0v) is 12.4. The summed E-state index contributed by atoms with van der Waals surface area (Å²) in [7, 11) is 0. The van der Waals surface area contributed by atoms with Crippen LogP contribution >= 0.6 is 11.8 Å². The number of thioether (sulfide) groups is 1. The molecule has 0 aliphatic heterocycles. The molecule has 2 rings (SSSR count). The Labute approximate surface area is 115 Å². The van der Waals surface area contributed by atoms with Crippen molar-refractivity contribution < 1.29 is 0 Å². The van der Waals surface area contributed by atoms with Crippen LogP contribution in [0.2, 0.25) is 0 Å². The molecule has 102 valence electrons. The molecule has 0 saturated heterocycles. The third-order valence-electron chi connectivity index (χ3n) is 3.94. The van der Waals surface area contributed by atoms with E-state index < -0.39 is 0 Å². The molecule has 1 aromatic rings. The Balaban J connectivity index is 2.22. The van der Waals surface area contributed by atoms with Gasteiger partial charge in [-0.05, 0) is 31.8 Å². The molecule has 4 heteroatoms. The zero-order chi connectivity index (χ0) is 13.0. The number of nitrogen functional groups attached to an aromatic ring is 1. The van der Waals surface area contributed by atoms with Crippen molar-refractivity contribution in [3.05, 3.63) is 11.5 Å². The molecule has 1 aliphatic rings. The maximum Gasteiger partial charge on any atom is 0.126 e. The van der Waals surface area contributed by atoms with E-state index in [2.05, 4.69) is 17.7 Å². The molecule has 1 fully saturated rings. The van der Waals surface area contributed by atoms with E-state index in [1.54, 1.807) is 0 Å². The first-order valence-electron chi connectivity index (χ1n) is 7.11. The van der Waals surface area contributed by atoms with Crippen LogP contribution in [0.3, 0.4) is 0 Å². The molecule has 1 aromatic heterocycles. The van der Waals surface area contributed by atoms with Crippen molar-refractivity contribution in [2.24, 2.45) is 0 Å². The van der Waals surface area contributed by atoms with Crippen molar-refractivity contribution in [1.29, 1.82) is 0 Å². The quantitative estimate of drug-likeness (QED) is 0.888. The van der Waals surface area contributed by atoms with Crippen LogP contribution < -0.4 is 5.73 Å². The molecule has 0 spiro atoms. The lowest BCUT2D eigenvalue weighted by Crippen LogP contribution is -2.12. The summed E-state index contributed by atoms with van der Waals surface area (Å²) in [6.45, 7) is 3.12. The van der Waals surface area contributed by atoms with E-state index in [4.69, 9.17) is 10.7 Å². The second-order valence-corrected chi connectivity index (χ2v) is 6.11. The summed E-state index contributed by atoms with van der Waals surface area (Å²) >= 11 is 1.86. The van der Waals surface area contributed by atoms with Crippen molar-refractivity contribution in [2.75, 3.05) is 17.7 Å². The fraction of sp³-hybridized carbons (Fsp3) is 0.786. The van der Waals surface area contributed by atoms with Crippen LogP contribution in [-0.4, -0.2) is 21.6 Å². The lowest BCUT2D eigenvalue weighted by atomic mass is 9.88. The number of nitrogens with zero attached hydrogens (tertiary/aromatic N) is 2. The predicted octanol–water partition coefficient (Wildman–Crippen LogP) is 3.44. The number of anilines is 1. The Bertz CT molecular complexity index is 381. The molecule has 0 atom stereocenters. The topological polar surface area (TPSA) is 43.8 Å². The minimum atomic E-state index is 0.643. The van der Waals surface area contributed by atoms with Gasteiger partial charge in [-0.3, -0.25) is 0 Å². The molecule has 1 heterocycles. The van der Waals surface area contributed by atoms with Gasteiger partial charge in [-0.25, -0.2) is 4.98 Å². The first-order chi connectivity index (χ1) is 8.77. The molecule has 0 radical (unpaired) electrons. The number of hydrogen-bond donors (Lipinski definition) is 1. The van der Waals surface area contributed by atoms with Gasteiger partial charge in [0.05, 0.1) is 5.69 Å². The fourth-order valence-electron chi connectivity index (χ4n) is 2.92. The SMILES string of the molecule is CCn1c(C2CCCCC2)nc(CCSC)c1N. The van der Waals surface area contributed by atoms with Gasteiger partial charge in [-0.2, -0.15) is 11.8 Å². The molecule has 0 bridgehead atoms. The normalized spacial score (nSPS) is 17.2. The molecule has 0 aromatic carbocycles. The van der Waals surface area contributed by atoms with Crippen LogP contribution in [0.1, 0.15) is 56.5 Å². The highest BCUT2D eigenvalue weighted by Gasteiger charge is 2.23. The number of aromatic nitrogens is 2. The average molecular weight is 267 g/mol. The highest BCUT2D eigenvalue weighted by Crippen LogP contribution is 2.34. The third-order valence-corrected chi connectivity index (χ3v) is 4.55. The Morgan fingerprint density at radius 3 is 2.67 bits per heavy atom. The van der Waals surface area contributed by atoms with Gasteiger partial charge >= 0.3 is 0 Å². The molecule has 18 heavy (non-hydrogen) atoms. The number of nitrogens with two attached hydrogens (primary N) is 1. The summed E-state index contributed by atoms with van der Waals surface area (Å²) in [6, 6.07) is 0. The van der Waals surface area contributed by atoms with Gasteiger partial charge in [0.25, 0.3) is 0 Å². The summed E-state index contributed by atoms with van der Waals surface area (Å²) in [5.41, 5.74) is 7.37. The molecule has 0 amide bonds. The predicted molar refractivity (Wildman–Crippen MR) is 80.2 cm³/mol. The highest BCUT2D eigenvalue weighted by atomic mass is 32.2. The summed E-state index contributed by atoms with van der Waals surface area (Å²) in [4.78, 5) is 4.87. The Kier molecular flexibility index (Phi) is 4.98. The van der Waals surface area contributed by atoms with E-state index in [-0.39, 0.29) is 0 Å². The number of imidazole rings is 1. The lowest BCUT2D eigenvalue weighted by molar-refractivity contribution is 0.417. The van der Waals surface area contributed by atoms with Gasteiger partial charge in [-0.15, -0.1) is 0 Å².